The number of benzene rings is 1. The molecule has 0 aliphatic carbocycles. The van der Waals surface area contributed by atoms with Crippen LogP contribution in [-0.2, 0) is 4.79 Å². The third kappa shape index (κ3) is 3.38. The first-order valence-corrected chi connectivity index (χ1v) is 6.85. The average Bonchev–Trinajstić information content (AvgIpc) is 2.56. The van der Waals surface area contributed by atoms with Gasteiger partial charge in [0.15, 0.2) is 0 Å². The van der Waals surface area contributed by atoms with E-state index in [0.717, 1.165) is 35.3 Å². The predicted molar refractivity (Wildman–Crippen MR) is 75.0 cm³/mol. The Labute approximate surface area is 115 Å². The van der Waals surface area contributed by atoms with Crippen LogP contribution in [0.2, 0.25) is 0 Å². The number of nitrogens with one attached hydrogen (secondary N) is 2. The van der Waals surface area contributed by atoms with E-state index in [-0.39, 0.29) is 11.9 Å². The van der Waals surface area contributed by atoms with E-state index in [1.54, 1.807) is 7.11 Å². The Morgan fingerprint density at radius 1 is 1.50 bits per heavy atom. The highest BCUT2D eigenvalue weighted by Crippen LogP contribution is 2.28. The van der Waals surface area contributed by atoms with Crippen LogP contribution in [0.25, 0.3) is 0 Å². The number of hydrogen-bond acceptors (Lipinski definition) is 3. The molecule has 0 aromatic heterocycles. The number of carbonyl (C=O) groups is 1. The van der Waals surface area contributed by atoms with Gasteiger partial charge in [-0.2, -0.15) is 0 Å². The molecule has 0 radical (unpaired) electrons. The fourth-order valence-corrected chi connectivity index (χ4v) is 2.49. The molecule has 1 fully saturated rings. The molecule has 1 unspecified atom stereocenters. The number of amides is 1. The van der Waals surface area contributed by atoms with Crippen LogP contribution in [0.1, 0.15) is 19.3 Å². The molecule has 1 saturated heterocycles. The molecular formula is C13H17BrN2O2. The van der Waals surface area contributed by atoms with Crippen LogP contribution in [-0.4, -0.2) is 25.6 Å². The van der Waals surface area contributed by atoms with E-state index in [2.05, 4.69) is 26.6 Å². The maximum atomic E-state index is 11.5. The second-order valence-electron chi connectivity index (χ2n) is 4.39. The molecular weight excluding hydrogens is 296 g/mol. The van der Waals surface area contributed by atoms with Crippen molar-refractivity contribution in [2.24, 2.45) is 0 Å². The van der Waals surface area contributed by atoms with Gasteiger partial charge in [-0.05, 0) is 40.9 Å². The quantitative estimate of drug-likeness (QED) is 0.901. The Bertz CT molecular complexity index is 437. The number of carbonyl (C=O) groups excluding carboxylic acids is 1. The first-order chi connectivity index (χ1) is 8.69. The van der Waals surface area contributed by atoms with E-state index in [1.807, 2.05) is 18.2 Å². The summed E-state index contributed by atoms with van der Waals surface area (Å²) < 4.78 is 6.18. The lowest BCUT2D eigenvalue weighted by atomic mass is 10.1. The minimum atomic E-state index is 0.120. The minimum absolute atomic E-state index is 0.120. The van der Waals surface area contributed by atoms with E-state index >= 15 is 0 Å². The average molecular weight is 313 g/mol. The number of anilines is 1. The second kappa shape index (κ2) is 6.09. The number of hydrogen-bond donors (Lipinski definition) is 2. The summed E-state index contributed by atoms with van der Waals surface area (Å²) in [6.45, 7) is 0.778. The lowest BCUT2D eigenvalue weighted by molar-refractivity contribution is -0.120. The van der Waals surface area contributed by atoms with Gasteiger partial charge in [-0.3, -0.25) is 4.79 Å². The summed E-state index contributed by atoms with van der Waals surface area (Å²) >= 11 is 3.42. The lowest BCUT2D eigenvalue weighted by Gasteiger charge is -2.17. The van der Waals surface area contributed by atoms with E-state index in [4.69, 9.17) is 4.74 Å². The fraction of sp³-hybridized carbons (Fsp3) is 0.462. The predicted octanol–water partition coefficient (Wildman–Crippen LogP) is 2.54. The second-order valence-corrected chi connectivity index (χ2v) is 5.24. The largest absolute Gasteiger partial charge is 0.495 e. The van der Waals surface area contributed by atoms with Gasteiger partial charge in [0.1, 0.15) is 5.75 Å². The van der Waals surface area contributed by atoms with Crippen molar-refractivity contribution in [3.05, 3.63) is 22.7 Å². The summed E-state index contributed by atoms with van der Waals surface area (Å²) in [5.41, 5.74) is 0.981. The number of rotatable bonds is 3. The van der Waals surface area contributed by atoms with Crippen LogP contribution in [0.3, 0.4) is 0 Å². The highest BCUT2D eigenvalue weighted by Gasteiger charge is 2.17. The summed E-state index contributed by atoms with van der Waals surface area (Å²) in [5.74, 6) is 0.909. The molecule has 18 heavy (non-hydrogen) atoms. The highest BCUT2D eigenvalue weighted by molar-refractivity contribution is 9.10. The first-order valence-electron chi connectivity index (χ1n) is 6.06. The van der Waals surface area contributed by atoms with Gasteiger partial charge >= 0.3 is 0 Å². The Kier molecular flexibility index (Phi) is 4.47. The molecule has 1 amide bonds. The molecule has 1 heterocycles. The van der Waals surface area contributed by atoms with Gasteiger partial charge in [0.05, 0.1) is 11.6 Å². The smallest absolute Gasteiger partial charge is 0.222 e. The summed E-state index contributed by atoms with van der Waals surface area (Å²) in [5, 5.41) is 6.27. The third-order valence-electron chi connectivity index (χ3n) is 3.01. The van der Waals surface area contributed by atoms with Crippen molar-refractivity contribution in [1.82, 2.24) is 5.32 Å². The molecule has 1 atom stereocenters. The van der Waals surface area contributed by atoms with Gasteiger partial charge in [0.2, 0.25) is 5.91 Å². The van der Waals surface area contributed by atoms with Crippen LogP contribution in [0.5, 0.6) is 5.75 Å². The topological polar surface area (TPSA) is 50.4 Å². The number of halogens is 1. The Hall–Kier alpha value is -1.23. The standard InChI is InChI=1S/C13H17BrN2O2/c1-18-12-7-10(4-5-11(12)14)16-9-3-2-6-15-13(17)8-9/h4-5,7,9,16H,2-3,6,8H2,1H3,(H,15,17). The van der Waals surface area contributed by atoms with Crippen molar-refractivity contribution in [1.29, 1.82) is 0 Å². The Morgan fingerprint density at radius 2 is 2.33 bits per heavy atom. The van der Waals surface area contributed by atoms with E-state index in [0.29, 0.717) is 6.42 Å². The van der Waals surface area contributed by atoms with Crippen molar-refractivity contribution in [3.63, 3.8) is 0 Å². The molecule has 2 rings (SSSR count). The zero-order valence-corrected chi connectivity index (χ0v) is 11.9. The summed E-state index contributed by atoms with van der Waals surface area (Å²) in [7, 11) is 1.64. The van der Waals surface area contributed by atoms with Crippen LogP contribution in [0.4, 0.5) is 5.69 Å². The molecule has 1 aromatic rings. The van der Waals surface area contributed by atoms with E-state index in [1.165, 1.54) is 0 Å². The van der Waals surface area contributed by atoms with Crippen molar-refractivity contribution in [2.45, 2.75) is 25.3 Å². The maximum Gasteiger partial charge on any atom is 0.222 e. The van der Waals surface area contributed by atoms with Gasteiger partial charge < -0.3 is 15.4 Å². The molecule has 1 aliphatic rings. The summed E-state index contributed by atoms with van der Waals surface area (Å²) in [6, 6.07) is 6.05. The monoisotopic (exact) mass is 312 g/mol. The van der Waals surface area contributed by atoms with Crippen molar-refractivity contribution in [3.8, 4) is 5.75 Å². The molecule has 0 bridgehead atoms. The van der Waals surface area contributed by atoms with E-state index in [9.17, 15) is 4.79 Å². The van der Waals surface area contributed by atoms with E-state index < -0.39 is 0 Å². The molecule has 5 heteroatoms. The van der Waals surface area contributed by atoms with Gasteiger partial charge in [-0.1, -0.05) is 0 Å². The van der Waals surface area contributed by atoms with Crippen molar-refractivity contribution >= 4 is 27.5 Å². The van der Waals surface area contributed by atoms with Crippen LogP contribution < -0.4 is 15.4 Å². The normalized spacial score (nSPS) is 19.9. The highest BCUT2D eigenvalue weighted by atomic mass is 79.9. The Morgan fingerprint density at radius 3 is 3.11 bits per heavy atom. The van der Waals surface area contributed by atoms with Gasteiger partial charge in [0, 0.05) is 30.8 Å². The SMILES string of the molecule is COc1cc(NC2CCCNC(=O)C2)ccc1Br. The zero-order valence-electron chi connectivity index (χ0n) is 10.3. The summed E-state index contributed by atoms with van der Waals surface area (Å²) in [4.78, 5) is 11.5. The lowest BCUT2D eigenvalue weighted by Crippen LogP contribution is -2.26. The molecule has 4 nitrogen and oxygen atoms in total. The first kappa shape index (κ1) is 13.2. The molecule has 1 aromatic carbocycles. The Balaban J connectivity index is 2.05. The van der Waals surface area contributed by atoms with Gasteiger partial charge in [-0.25, -0.2) is 0 Å². The van der Waals surface area contributed by atoms with Gasteiger partial charge in [0.25, 0.3) is 0 Å². The summed E-state index contributed by atoms with van der Waals surface area (Å²) in [6.07, 6.45) is 2.53. The molecule has 2 N–H and O–H groups in total. The maximum absolute atomic E-state index is 11.5. The number of methoxy groups -OCH3 is 1. The minimum Gasteiger partial charge on any atom is -0.495 e. The van der Waals surface area contributed by atoms with Gasteiger partial charge in [-0.15, -0.1) is 0 Å². The zero-order chi connectivity index (χ0) is 13.0. The van der Waals surface area contributed by atoms with Crippen LogP contribution >= 0.6 is 15.9 Å². The van der Waals surface area contributed by atoms with Crippen molar-refractivity contribution in [2.75, 3.05) is 19.0 Å². The number of ether oxygens (including phenoxy) is 1. The molecule has 0 spiro atoms. The molecule has 1 aliphatic heterocycles. The molecule has 0 saturated carbocycles. The van der Waals surface area contributed by atoms with Crippen LogP contribution in [0.15, 0.2) is 22.7 Å². The van der Waals surface area contributed by atoms with Crippen molar-refractivity contribution < 1.29 is 9.53 Å². The van der Waals surface area contributed by atoms with Crippen LogP contribution in [0, 0.1) is 0 Å². The third-order valence-corrected chi connectivity index (χ3v) is 3.66. The molecule has 98 valence electrons. The fourth-order valence-electron chi connectivity index (χ4n) is 2.08.